The minimum atomic E-state index is -1.60. The summed E-state index contributed by atoms with van der Waals surface area (Å²) < 4.78 is 34.7. The number of carbonyl (C=O) groups is 10. The number of hydrogen-bond donors (Lipinski definition) is 8. The van der Waals surface area contributed by atoms with Crippen LogP contribution in [0.4, 0.5) is 11.4 Å². The maximum absolute atomic E-state index is 14.5. The van der Waals surface area contributed by atoms with Gasteiger partial charge < -0.3 is 80.3 Å². The van der Waals surface area contributed by atoms with Gasteiger partial charge in [-0.3, -0.25) is 57.7 Å². The number of benzene rings is 2. The van der Waals surface area contributed by atoms with Crippen molar-refractivity contribution in [3.05, 3.63) is 59.7 Å². The number of hydrogen-bond acceptors (Lipinski definition) is 18. The molecule has 8 atom stereocenters. The van der Waals surface area contributed by atoms with Gasteiger partial charge in [0.2, 0.25) is 23.6 Å². The Hall–Kier alpha value is -8.78. The Labute approximate surface area is 502 Å². The molecule has 10 amide bonds. The van der Waals surface area contributed by atoms with Gasteiger partial charge in [0.25, 0.3) is 35.4 Å². The molecule has 2 fully saturated rings. The molecule has 2 saturated heterocycles. The third-order valence-electron chi connectivity index (χ3n) is 14.9. The normalized spacial score (nSPS) is 26.2. The highest BCUT2D eigenvalue weighted by Crippen LogP contribution is 2.44. The lowest BCUT2D eigenvalue weighted by Gasteiger charge is -2.34. The van der Waals surface area contributed by atoms with Gasteiger partial charge in [-0.1, -0.05) is 24.3 Å². The summed E-state index contributed by atoms with van der Waals surface area (Å²) in [6.45, 7) is 13.8. The number of nitrogens with zero attached hydrogens (tertiary/aromatic N) is 4. The maximum atomic E-state index is 14.5. The van der Waals surface area contributed by atoms with Crippen molar-refractivity contribution >= 4 is 70.4 Å². The van der Waals surface area contributed by atoms with Gasteiger partial charge >= 0.3 is 0 Å². The van der Waals surface area contributed by atoms with Gasteiger partial charge in [0.15, 0.2) is 35.5 Å². The molecule has 5 aliphatic rings. The molecule has 0 aromatic heterocycles. The highest BCUT2D eigenvalue weighted by Gasteiger charge is 2.48. The highest BCUT2D eigenvalue weighted by molar-refractivity contribution is 6.10. The predicted octanol–water partition coefficient (Wildman–Crippen LogP) is -0.715. The number of rotatable bonds is 2. The summed E-state index contributed by atoms with van der Waals surface area (Å²) in [6.07, 6.45) is -1.77. The second-order valence-corrected chi connectivity index (χ2v) is 21.5. The lowest BCUT2D eigenvalue weighted by molar-refractivity contribution is -0.131. The van der Waals surface area contributed by atoms with Crippen LogP contribution in [0.15, 0.2) is 48.6 Å². The van der Waals surface area contributed by atoms with E-state index in [1.165, 1.54) is 76.0 Å². The monoisotopic (exact) mass is 1210 g/mol. The van der Waals surface area contributed by atoms with E-state index in [4.69, 9.17) is 28.4 Å². The molecule has 0 radical (unpaired) electrons. The Kier molecular flexibility index (Phi) is 22.7. The van der Waals surface area contributed by atoms with Crippen LogP contribution >= 0.6 is 0 Å². The van der Waals surface area contributed by atoms with Crippen molar-refractivity contribution in [1.82, 2.24) is 41.7 Å². The Bertz CT molecular complexity index is 2890. The molecule has 4 bridgehead atoms. The van der Waals surface area contributed by atoms with E-state index in [1.807, 2.05) is 0 Å². The molecule has 2 aromatic carbocycles. The molecule has 5 aliphatic heterocycles. The molecule has 5 heterocycles. The average Bonchev–Trinajstić information content (AvgIpc) is 1.68. The van der Waals surface area contributed by atoms with E-state index in [1.54, 1.807) is 0 Å². The summed E-state index contributed by atoms with van der Waals surface area (Å²) in [6, 6.07) is -0.977. The van der Waals surface area contributed by atoms with Gasteiger partial charge in [0.05, 0.1) is 88.4 Å². The molecule has 8 N–H and O–H groups in total. The Morgan fingerprint density at radius 3 is 1.30 bits per heavy atom. The summed E-state index contributed by atoms with van der Waals surface area (Å²) in [5.41, 5.74) is 1.31. The largest absolute Gasteiger partial charge is 0.493 e. The summed E-state index contributed by atoms with van der Waals surface area (Å²) in [7, 11) is 2.76. The first-order valence-corrected chi connectivity index (χ1v) is 28.6. The molecule has 28 nitrogen and oxygen atoms in total. The van der Waals surface area contributed by atoms with Crippen molar-refractivity contribution in [1.29, 1.82) is 0 Å². The van der Waals surface area contributed by atoms with Crippen LogP contribution in [0.2, 0.25) is 0 Å². The second kappa shape index (κ2) is 30.0. The summed E-state index contributed by atoms with van der Waals surface area (Å²) >= 11 is 0. The second-order valence-electron chi connectivity index (χ2n) is 21.5. The number of anilines is 2. The van der Waals surface area contributed by atoms with Gasteiger partial charge in [-0.05, 0) is 71.9 Å². The van der Waals surface area contributed by atoms with Crippen LogP contribution < -0.4 is 60.6 Å². The van der Waals surface area contributed by atoms with Crippen LogP contribution in [0, 0.1) is 11.8 Å². The van der Waals surface area contributed by atoms with Crippen LogP contribution in [0.1, 0.15) is 93.4 Å². The lowest BCUT2D eigenvalue weighted by atomic mass is 10.1. The number of methoxy groups -OCH3 is 2. The number of nitrogens with one attached hydrogen (secondary N) is 6. The zero-order valence-electron chi connectivity index (χ0n) is 49.6. The topological polar surface area (TPSA) is 352 Å². The van der Waals surface area contributed by atoms with Crippen LogP contribution in [0.5, 0.6) is 23.0 Å². The van der Waals surface area contributed by atoms with Gasteiger partial charge in [-0.2, -0.15) is 0 Å². The first-order valence-electron chi connectivity index (χ1n) is 28.6. The molecule has 2 aromatic rings. The number of ether oxygens (including phenoxy) is 6. The Morgan fingerprint density at radius 2 is 0.920 bits per heavy atom. The fourth-order valence-corrected chi connectivity index (χ4v) is 10.4. The molecule has 28 heteroatoms. The summed E-state index contributed by atoms with van der Waals surface area (Å²) in [4.78, 5) is 139. The predicted molar refractivity (Wildman–Crippen MR) is 310 cm³/mol. The standard InChI is InChI=1S/C59H76N10O18/c1-32-24-42-58(80)68-40-28-46(44(82-7)26-38(40)56(78)66(42)30-32)86-18-10-9-11-19-87-47-29-41-39(27-45(47)83-8)57(79)67-31-33(2)25-43(67)59(81)69(41)55(77)37(6)65-53(75)35(4)63-51(73)15-21-85-23-17-61-49(71)13-12-48(70)60-16-22-84-20-14-50(72)62-34(3)52(74)64-36(5)54(68)76/h26-29,34-37,42-43,58-59,80-81H,1-2,9-11,14-25,30-31H2,3-8H3,(H,60,70)(H,61,71)(H,62,72)(H,63,73)(H,64,74)(H,65,75)/t34?,35?,36?,37?,42-,43-,58-,59-/m0/s1. The van der Waals surface area contributed by atoms with Crippen molar-refractivity contribution in [3.63, 3.8) is 0 Å². The molecule has 4 unspecified atom stereocenters. The van der Waals surface area contributed by atoms with E-state index in [0.717, 1.165) is 9.80 Å². The van der Waals surface area contributed by atoms with Crippen LogP contribution in [-0.4, -0.2) is 208 Å². The smallest absolute Gasteiger partial charge is 0.296 e. The molecule has 7 rings (SSSR count). The van der Waals surface area contributed by atoms with Gasteiger partial charge in [0.1, 0.15) is 24.2 Å². The molecule has 0 aliphatic carbocycles. The Balaban J connectivity index is 1.09. The van der Waals surface area contributed by atoms with Gasteiger partial charge in [0, 0.05) is 63.0 Å². The fraction of sp³-hybridized carbons (Fsp3) is 0.525. The van der Waals surface area contributed by atoms with Crippen LogP contribution in [0.25, 0.3) is 0 Å². The molecule has 0 spiro atoms. The molecule has 87 heavy (non-hydrogen) atoms. The van der Waals surface area contributed by atoms with Crippen LogP contribution in [-0.2, 0) is 47.8 Å². The van der Waals surface area contributed by atoms with Crippen molar-refractivity contribution in [3.8, 4) is 34.8 Å². The third kappa shape index (κ3) is 16.2. The molecule has 0 saturated carbocycles. The van der Waals surface area contributed by atoms with Crippen LogP contribution in [0.3, 0.4) is 0 Å². The number of fused-ring (bicyclic) bond motifs is 4. The van der Waals surface area contributed by atoms with Gasteiger partial charge in [-0.25, -0.2) is 0 Å². The maximum Gasteiger partial charge on any atom is 0.296 e. The van der Waals surface area contributed by atoms with E-state index in [-0.39, 0.29) is 137 Å². The van der Waals surface area contributed by atoms with E-state index in [0.29, 0.717) is 30.4 Å². The van der Waals surface area contributed by atoms with Crippen molar-refractivity contribution < 1.29 is 86.6 Å². The molecular formula is C59H76N10O18. The molecule has 470 valence electrons. The zero-order chi connectivity index (χ0) is 63.2. The molecular weight excluding hydrogens is 1140 g/mol. The first-order chi connectivity index (χ1) is 41.5. The minimum absolute atomic E-state index is 0.00864. The fourth-order valence-electron chi connectivity index (χ4n) is 10.4. The van der Waals surface area contributed by atoms with E-state index in [9.17, 15) is 58.2 Å². The Morgan fingerprint density at radius 1 is 0.529 bits per heavy atom. The van der Waals surface area contributed by atoms with Crippen molar-refractivity contribution in [2.45, 2.75) is 121 Å². The lowest BCUT2D eigenvalue weighted by Crippen LogP contribution is -2.57. The highest BCUT2D eigenvalue weighted by atomic mass is 16.5. The number of aliphatic hydroxyl groups excluding tert-OH is 2. The SMILES string of the molecule is C=C1C[C@H]2[C@H](O)N3C(=O)C(C)NC(=O)C(C)NC(=O)CCOCCNC(=O)C#CC(=O)NCCOCCC(=O)NC(C)C(=O)NC(C)C(=O)N4c5cc(c(OC)cc5C(=O)N5CC(=C)C[C@H]5[C@@H]4O)OCCCCCOc4cc3c(cc4OC)C(=O)N2C1. The van der Waals surface area contributed by atoms with Crippen molar-refractivity contribution in [2.75, 3.05) is 89.8 Å². The summed E-state index contributed by atoms with van der Waals surface area (Å²) in [5, 5.41) is 39.2. The summed E-state index contributed by atoms with van der Waals surface area (Å²) in [5.74, 6) is -1.87. The quantitative estimate of drug-likeness (QED) is 0.136. The number of amides is 10. The van der Waals surface area contributed by atoms with E-state index in [2.05, 4.69) is 56.9 Å². The van der Waals surface area contributed by atoms with Gasteiger partial charge in [-0.15, -0.1) is 0 Å². The van der Waals surface area contributed by atoms with E-state index < -0.39 is 108 Å². The average molecular weight is 1210 g/mol. The number of aliphatic hydroxyl groups is 2. The number of carbonyl (C=O) groups excluding carboxylic acids is 10. The van der Waals surface area contributed by atoms with E-state index >= 15 is 0 Å². The van der Waals surface area contributed by atoms with Crippen molar-refractivity contribution in [2.24, 2.45) is 0 Å². The third-order valence-corrected chi connectivity index (χ3v) is 14.9. The first kappa shape index (κ1) is 65.8. The zero-order valence-corrected chi connectivity index (χ0v) is 49.6. The minimum Gasteiger partial charge on any atom is -0.493 e.